The molecule has 0 unspecified atom stereocenters. The summed E-state index contributed by atoms with van der Waals surface area (Å²) in [5, 5.41) is 0.375. The predicted octanol–water partition coefficient (Wildman–Crippen LogP) is 7.62. The van der Waals surface area contributed by atoms with E-state index >= 15 is 0 Å². The molecule has 10 heteroatoms. The van der Waals surface area contributed by atoms with Gasteiger partial charge in [-0.25, -0.2) is 18.7 Å². The normalized spacial score (nSPS) is 12.2. The molecule has 4 aromatic rings. The summed E-state index contributed by atoms with van der Waals surface area (Å²) in [6.07, 6.45) is -3.69. The number of aromatic nitrogens is 2. The molecule has 0 saturated heterocycles. The lowest BCUT2D eigenvalue weighted by Gasteiger charge is -2.19. The second kappa shape index (κ2) is 8.26. The number of rotatable bonds is 4. The lowest BCUT2D eigenvalue weighted by atomic mass is 9.88. The molecule has 0 saturated carbocycles. The van der Waals surface area contributed by atoms with Crippen LogP contribution in [0.5, 0.6) is 17.4 Å². The van der Waals surface area contributed by atoms with Gasteiger partial charge in [0.15, 0.2) is 23.1 Å². The van der Waals surface area contributed by atoms with Crippen molar-refractivity contribution in [1.29, 1.82) is 0 Å². The van der Waals surface area contributed by atoms with Gasteiger partial charge < -0.3 is 9.47 Å². The zero-order valence-electron chi connectivity index (χ0n) is 17.6. The molecule has 2 heterocycles. The quantitative estimate of drug-likeness (QED) is 0.282. The zero-order valence-corrected chi connectivity index (χ0v) is 18.4. The Hall–Kier alpha value is -3.27. The minimum Gasteiger partial charge on any atom is -0.434 e. The molecule has 172 valence electrons. The van der Waals surface area contributed by atoms with Crippen LogP contribution in [0.25, 0.3) is 21.3 Å². The summed E-state index contributed by atoms with van der Waals surface area (Å²) in [5.74, 6) is -2.83. The molecule has 0 bridgehead atoms. The van der Waals surface area contributed by atoms with E-state index in [0.717, 1.165) is 23.1 Å². The van der Waals surface area contributed by atoms with Gasteiger partial charge >= 0.3 is 6.36 Å². The number of ether oxygens (including phenoxy) is 2. The molecule has 0 spiro atoms. The standard InChI is InChI=1S/C23H17F5N2O2S/c1-22(2,3)19-17(12-8-9-13(24)14(25)10-12)18-20(29-11-30-21(18)33-19)31-15-6-4-5-7-16(15)32-23(26,27)28/h4-11H,1-3H3. The lowest BCUT2D eigenvalue weighted by Crippen LogP contribution is -2.17. The molecule has 33 heavy (non-hydrogen) atoms. The van der Waals surface area contributed by atoms with E-state index < -0.39 is 29.2 Å². The van der Waals surface area contributed by atoms with Crippen molar-refractivity contribution >= 4 is 21.6 Å². The van der Waals surface area contributed by atoms with Crippen LogP contribution in [0, 0.1) is 11.6 Å². The van der Waals surface area contributed by atoms with Crippen molar-refractivity contribution in [1.82, 2.24) is 9.97 Å². The van der Waals surface area contributed by atoms with Gasteiger partial charge in [0, 0.05) is 10.4 Å². The van der Waals surface area contributed by atoms with Crippen molar-refractivity contribution in [2.75, 3.05) is 0 Å². The summed E-state index contributed by atoms with van der Waals surface area (Å²) < 4.78 is 76.1. The molecule has 0 aliphatic carbocycles. The molecule has 0 fully saturated rings. The van der Waals surface area contributed by atoms with Crippen molar-refractivity contribution in [3.8, 4) is 28.5 Å². The zero-order chi connectivity index (χ0) is 24.0. The topological polar surface area (TPSA) is 44.2 Å². The Morgan fingerprint density at radius 1 is 0.879 bits per heavy atom. The van der Waals surface area contributed by atoms with Gasteiger partial charge in [0.25, 0.3) is 0 Å². The van der Waals surface area contributed by atoms with Crippen LogP contribution in [0.1, 0.15) is 25.6 Å². The van der Waals surface area contributed by atoms with Crippen LogP contribution in [-0.2, 0) is 5.41 Å². The van der Waals surface area contributed by atoms with Gasteiger partial charge in [0.05, 0.1) is 5.39 Å². The average molecular weight is 480 g/mol. The number of hydrogen-bond acceptors (Lipinski definition) is 5. The second-order valence-corrected chi connectivity index (χ2v) is 9.14. The minimum absolute atomic E-state index is 0.0373. The smallest absolute Gasteiger partial charge is 0.434 e. The van der Waals surface area contributed by atoms with E-state index in [1.165, 1.54) is 41.9 Å². The fourth-order valence-electron chi connectivity index (χ4n) is 3.29. The van der Waals surface area contributed by atoms with Crippen molar-refractivity contribution in [3.05, 3.63) is 65.3 Å². The van der Waals surface area contributed by atoms with Gasteiger partial charge in [-0.1, -0.05) is 39.0 Å². The fraction of sp³-hybridized carbons (Fsp3) is 0.217. The Bertz CT molecular complexity index is 1330. The van der Waals surface area contributed by atoms with Crippen molar-refractivity contribution in [2.45, 2.75) is 32.5 Å². The number of benzene rings is 2. The van der Waals surface area contributed by atoms with Crippen molar-refractivity contribution in [2.24, 2.45) is 0 Å². The van der Waals surface area contributed by atoms with Crippen LogP contribution in [-0.4, -0.2) is 16.3 Å². The largest absolute Gasteiger partial charge is 0.573 e. The Kier molecular flexibility index (Phi) is 5.73. The lowest BCUT2D eigenvalue weighted by molar-refractivity contribution is -0.275. The molecule has 0 N–H and O–H groups in total. The number of halogens is 5. The number of alkyl halides is 3. The van der Waals surface area contributed by atoms with E-state index in [2.05, 4.69) is 14.7 Å². The monoisotopic (exact) mass is 480 g/mol. The number of nitrogens with zero attached hydrogens (tertiary/aromatic N) is 2. The van der Waals surface area contributed by atoms with E-state index in [9.17, 15) is 22.0 Å². The molecular weight excluding hydrogens is 463 g/mol. The molecule has 2 aromatic heterocycles. The number of thiophene rings is 1. The maximum Gasteiger partial charge on any atom is 0.573 e. The SMILES string of the molecule is CC(C)(C)c1sc2ncnc(Oc3ccccc3OC(F)(F)F)c2c1-c1ccc(F)c(F)c1. The Morgan fingerprint density at radius 2 is 1.58 bits per heavy atom. The molecule has 0 radical (unpaired) electrons. The van der Waals surface area contributed by atoms with E-state index in [4.69, 9.17) is 4.74 Å². The molecule has 4 rings (SSSR count). The van der Waals surface area contributed by atoms with Crippen molar-refractivity contribution < 1.29 is 31.4 Å². The number of hydrogen-bond donors (Lipinski definition) is 0. The van der Waals surface area contributed by atoms with E-state index in [-0.39, 0.29) is 11.6 Å². The molecule has 0 amide bonds. The Labute approximate surface area is 189 Å². The maximum atomic E-state index is 14.1. The molecule has 0 aliphatic heterocycles. The highest BCUT2D eigenvalue weighted by molar-refractivity contribution is 7.19. The highest BCUT2D eigenvalue weighted by atomic mass is 32.1. The van der Waals surface area contributed by atoms with Crippen molar-refractivity contribution in [3.63, 3.8) is 0 Å². The van der Waals surface area contributed by atoms with E-state index in [1.54, 1.807) is 0 Å². The van der Waals surface area contributed by atoms with E-state index in [0.29, 0.717) is 21.3 Å². The summed E-state index contributed by atoms with van der Waals surface area (Å²) >= 11 is 1.32. The third kappa shape index (κ3) is 4.75. The first-order valence-electron chi connectivity index (χ1n) is 9.70. The molecule has 4 nitrogen and oxygen atoms in total. The Balaban J connectivity index is 1.94. The average Bonchev–Trinajstić information content (AvgIpc) is 3.12. The van der Waals surface area contributed by atoms with Gasteiger partial charge in [-0.2, -0.15) is 0 Å². The Morgan fingerprint density at radius 3 is 2.21 bits per heavy atom. The third-order valence-corrected chi connectivity index (χ3v) is 6.15. The maximum absolute atomic E-state index is 14.1. The highest BCUT2D eigenvalue weighted by Crippen LogP contribution is 2.48. The second-order valence-electron chi connectivity index (χ2n) is 8.14. The summed E-state index contributed by atoms with van der Waals surface area (Å²) in [6, 6.07) is 8.78. The molecule has 0 atom stereocenters. The summed E-state index contributed by atoms with van der Waals surface area (Å²) in [7, 11) is 0. The first-order valence-corrected chi connectivity index (χ1v) is 10.5. The number of para-hydroxylation sites is 2. The molecule has 0 aliphatic rings. The van der Waals surface area contributed by atoms with Crippen LogP contribution in [0.4, 0.5) is 22.0 Å². The van der Waals surface area contributed by atoms with Gasteiger partial charge in [0.2, 0.25) is 5.88 Å². The van der Waals surface area contributed by atoms with Crippen LogP contribution < -0.4 is 9.47 Å². The van der Waals surface area contributed by atoms with Crippen LogP contribution >= 0.6 is 11.3 Å². The number of fused-ring (bicyclic) bond motifs is 1. The minimum atomic E-state index is -4.92. The first kappa shape index (κ1) is 22.9. The summed E-state index contributed by atoms with van der Waals surface area (Å²) in [4.78, 5) is 9.69. The van der Waals surface area contributed by atoms with Gasteiger partial charge in [-0.05, 0) is 35.2 Å². The van der Waals surface area contributed by atoms with Gasteiger partial charge in [0.1, 0.15) is 11.2 Å². The van der Waals surface area contributed by atoms with Crippen LogP contribution in [0.15, 0.2) is 48.8 Å². The van der Waals surface area contributed by atoms with Crippen LogP contribution in [0.3, 0.4) is 0 Å². The van der Waals surface area contributed by atoms with Gasteiger partial charge in [-0.15, -0.1) is 24.5 Å². The summed E-state index contributed by atoms with van der Waals surface area (Å²) in [6.45, 7) is 5.84. The fourth-order valence-corrected chi connectivity index (χ4v) is 4.50. The third-order valence-electron chi connectivity index (χ3n) is 4.62. The van der Waals surface area contributed by atoms with Crippen LogP contribution in [0.2, 0.25) is 0 Å². The molecule has 2 aromatic carbocycles. The molecular formula is C23H17F5N2O2S. The van der Waals surface area contributed by atoms with Gasteiger partial charge in [-0.3, -0.25) is 0 Å². The van der Waals surface area contributed by atoms with E-state index in [1.807, 2.05) is 20.8 Å². The summed E-state index contributed by atoms with van der Waals surface area (Å²) in [5.41, 5.74) is 0.468. The first-order chi connectivity index (χ1) is 15.4. The predicted molar refractivity (Wildman–Crippen MR) is 115 cm³/mol. The highest BCUT2D eigenvalue weighted by Gasteiger charge is 2.33.